The highest BCUT2D eigenvalue weighted by Gasteiger charge is 2.14. The molecular formula is C10H15N3O. The Hall–Kier alpha value is -1.16. The lowest BCUT2D eigenvalue weighted by atomic mass is 10.1. The normalized spacial score (nSPS) is 21.9. The minimum atomic E-state index is 0.262. The van der Waals surface area contributed by atoms with Gasteiger partial charge in [-0.05, 0) is 26.3 Å². The molecule has 4 heteroatoms. The van der Waals surface area contributed by atoms with Crippen LogP contribution in [0.1, 0.15) is 18.7 Å². The van der Waals surface area contributed by atoms with E-state index in [1.807, 2.05) is 13.0 Å². The van der Waals surface area contributed by atoms with E-state index in [1.165, 1.54) is 6.42 Å². The highest BCUT2D eigenvalue weighted by molar-refractivity contribution is 5.08. The number of rotatable bonds is 2. The molecular weight excluding hydrogens is 178 g/mol. The Bertz CT molecular complexity index is 297. The Balaban J connectivity index is 1.95. The number of piperidine rings is 1. The van der Waals surface area contributed by atoms with Gasteiger partial charge >= 0.3 is 0 Å². The lowest BCUT2D eigenvalue weighted by Gasteiger charge is -2.23. The number of hydrogen-bond donors (Lipinski definition) is 1. The number of nitrogens with one attached hydrogen (secondary N) is 1. The fourth-order valence-corrected chi connectivity index (χ4v) is 1.59. The molecule has 0 amide bonds. The van der Waals surface area contributed by atoms with E-state index in [-0.39, 0.29) is 6.10 Å². The molecule has 2 heterocycles. The average Bonchev–Trinajstić information content (AvgIpc) is 2.19. The Morgan fingerprint density at radius 2 is 2.50 bits per heavy atom. The van der Waals surface area contributed by atoms with Crippen LogP contribution in [0.3, 0.4) is 0 Å². The van der Waals surface area contributed by atoms with Crippen molar-refractivity contribution >= 4 is 0 Å². The van der Waals surface area contributed by atoms with Crippen LogP contribution in [-0.2, 0) is 0 Å². The van der Waals surface area contributed by atoms with Crippen molar-refractivity contribution in [3.63, 3.8) is 0 Å². The molecule has 0 spiro atoms. The quantitative estimate of drug-likeness (QED) is 0.758. The van der Waals surface area contributed by atoms with Crippen LogP contribution in [0.5, 0.6) is 5.88 Å². The summed E-state index contributed by atoms with van der Waals surface area (Å²) in [6, 6.07) is 1.81. The maximum absolute atomic E-state index is 5.72. The Kier molecular flexibility index (Phi) is 2.93. The lowest BCUT2D eigenvalue weighted by Crippen LogP contribution is -2.37. The Morgan fingerprint density at radius 3 is 3.21 bits per heavy atom. The summed E-state index contributed by atoms with van der Waals surface area (Å²) in [7, 11) is 0. The average molecular weight is 193 g/mol. The largest absolute Gasteiger partial charge is 0.473 e. The SMILES string of the molecule is Cc1nccc(OC2CCCNC2)n1. The summed E-state index contributed by atoms with van der Waals surface area (Å²) >= 11 is 0. The van der Waals surface area contributed by atoms with Gasteiger partial charge in [-0.3, -0.25) is 0 Å². The van der Waals surface area contributed by atoms with E-state index in [9.17, 15) is 0 Å². The zero-order chi connectivity index (χ0) is 9.80. The van der Waals surface area contributed by atoms with Crippen molar-refractivity contribution in [1.82, 2.24) is 15.3 Å². The van der Waals surface area contributed by atoms with Crippen molar-refractivity contribution in [1.29, 1.82) is 0 Å². The third-order valence-corrected chi connectivity index (χ3v) is 2.29. The van der Waals surface area contributed by atoms with Crippen LogP contribution in [0.2, 0.25) is 0 Å². The van der Waals surface area contributed by atoms with Crippen molar-refractivity contribution in [2.24, 2.45) is 0 Å². The first kappa shape index (κ1) is 9.40. The molecule has 2 rings (SSSR count). The number of ether oxygens (including phenoxy) is 1. The first-order valence-electron chi connectivity index (χ1n) is 5.01. The monoisotopic (exact) mass is 193 g/mol. The van der Waals surface area contributed by atoms with E-state index in [0.29, 0.717) is 5.88 Å². The summed E-state index contributed by atoms with van der Waals surface area (Å²) in [5.41, 5.74) is 0. The van der Waals surface area contributed by atoms with Gasteiger partial charge in [-0.15, -0.1) is 0 Å². The molecule has 1 aromatic heterocycles. The number of aryl methyl sites for hydroxylation is 1. The molecule has 1 fully saturated rings. The van der Waals surface area contributed by atoms with Crippen LogP contribution in [0.25, 0.3) is 0 Å². The van der Waals surface area contributed by atoms with Gasteiger partial charge in [0.2, 0.25) is 5.88 Å². The van der Waals surface area contributed by atoms with E-state index >= 15 is 0 Å². The number of hydrogen-bond acceptors (Lipinski definition) is 4. The maximum Gasteiger partial charge on any atom is 0.216 e. The molecule has 14 heavy (non-hydrogen) atoms. The molecule has 1 aliphatic rings. The van der Waals surface area contributed by atoms with Crippen LogP contribution in [0, 0.1) is 6.92 Å². The predicted octanol–water partition coefficient (Wildman–Crippen LogP) is 0.916. The van der Waals surface area contributed by atoms with Crippen LogP contribution in [-0.4, -0.2) is 29.2 Å². The molecule has 4 nitrogen and oxygen atoms in total. The molecule has 0 bridgehead atoms. The highest BCUT2D eigenvalue weighted by atomic mass is 16.5. The van der Waals surface area contributed by atoms with Crippen molar-refractivity contribution in [3.05, 3.63) is 18.1 Å². The zero-order valence-corrected chi connectivity index (χ0v) is 8.36. The lowest BCUT2D eigenvalue weighted by molar-refractivity contribution is 0.160. The highest BCUT2D eigenvalue weighted by Crippen LogP contribution is 2.12. The third kappa shape index (κ3) is 2.42. The van der Waals surface area contributed by atoms with Crippen molar-refractivity contribution in [2.45, 2.75) is 25.9 Å². The molecule has 1 atom stereocenters. The number of aromatic nitrogens is 2. The van der Waals surface area contributed by atoms with E-state index in [0.717, 1.165) is 25.3 Å². The minimum Gasteiger partial charge on any atom is -0.473 e. The molecule has 0 radical (unpaired) electrons. The molecule has 0 aliphatic carbocycles. The maximum atomic E-state index is 5.72. The molecule has 1 aliphatic heterocycles. The Labute approximate surface area is 83.7 Å². The number of nitrogens with zero attached hydrogens (tertiary/aromatic N) is 2. The molecule has 1 N–H and O–H groups in total. The minimum absolute atomic E-state index is 0.262. The molecule has 1 aromatic rings. The summed E-state index contributed by atoms with van der Waals surface area (Å²) < 4.78 is 5.72. The topological polar surface area (TPSA) is 47.0 Å². The van der Waals surface area contributed by atoms with Gasteiger partial charge in [-0.1, -0.05) is 0 Å². The van der Waals surface area contributed by atoms with E-state index in [1.54, 1.807) is 6.20 Å². The summed E-state index contributed by atoms with van der Waals surface area (Å²) in [5, 5.41) is 3.30. The molecule has 0 aromatic carbocycles. The van der Waals surface area contributed by atoms with Gasteiger partial charge in [-0.25, -0.2) is 4.98 Å². The smallest absolute Gasteiger partial charge is 0.216 e. The van der Waals surface area contributed by atoms with E-state index in [4.69, 9.17) is 4.74 Å². The van der Waals surface area contributed by atoms with Gasteiger partial charge in [-0.2, -0.15) is 4.98 Å². The first-order chi connectivity index (χ1) is 6.84. The molecule has 0 saturated carbocycles. The van der Waals surface area contributed by atoms with Crippen LogP contribution in [0.15, 0.2) is 12.3 Å². The fourth-order valence-electron chi connectivity index (χ4n) is 1.59. The van der Waals surface area contributed by atoms with Crippen LogP contribution in [0.4, 0.5) is 0 Å². The van der Waals surface area contributed by atoms with E-state index < -0.39 is 0 Å². The third-order valence-electron chi connectivity index (χ3n) is 2.29. The van der Waals surface area contributed by atoms with Gasteiger partial charge in [0.05, 0.1) is 0 Å². The molecule has 1 unspecified atom stereocenters. The van der Waals surface area contributed by atoms with E-state index in [2.05, 4.69) is 15.3 Å². The van der Waals surface area contributed by atoms with Crippen LogP contribution >= 0.6 is 0 Å². The second-order valence-electron chi connectivity index (χ2n) is 3.53. The molecule has 76 valence electrons. The van der Waals surface area contributed by atoms with Gasteiger partial charge in [0, 0.05) is 18.8 Å². The van der Waals surface area contributed by atoms with Crippen molar-refractivity contribution in [3.8, 4) is 5.88 Å². The fraction of sp³-hybridized carbons (Fsp3) is 0.600. The Morgan fingerprint density at radius 1 is 1.57 bits per heavy atom. The molecule has 1 saturated heterocycles. The van der Waals surface area contributed by atoms with Gasteiger partial charge < -0.3 is 10.1 Å². The van der Waals surface area contributed by atoms with Crippen molar-refractivity contribution in [2.75, 3.05) is 13.1 Å². The predicted molar refractivity (Wildman–Crippen MR) is 53.3 cm³/mol. The summed E-state index contributed by atoms with van der Waals surface area (Å²) in [5.74, 6) is 1.44. The van der Waals surface area contributed by atoms with Crippen LogP contribution < -0.4 is 10.1 Å². The summed E-state index contributed by atoms with van der Waals surface area (Å²) in [4.78, 5) is 8.23. The standard InChI is InChI=1S/C10H15N3O/c1-8-12-6-4-10(13-8)14-9-3-2-5-11-7-9/h4,6,9,11H,2-3,5,7H2,1H3. The van der Waals surface area contributed by atoms with Gasteiger partial charge in [0.25, 0.3) is 0 Å². The zero-order valence-electron chi connectivity index (χ0n) is 8.36. The van der Waals surface area contributed by atoms with Gasteiger partial charge in [0.15, 0.2) is 0 Å². The van der Waals surface area contributed by atoms with Gasteiger partial charge in [0.1, 0.15) is 11.9 Å². The summed E-state index contributed by atoms with van der Waals surface area (Å²) in [6.45, 7) is 3.89. The first-order valence-corrected chi connectivity index (χ1v) is 5.01. The summed E-state index contributed by atoms with van der Waals surface area (Å²) in [6.07, 6.45) is 4.27. The van der Waals surface area contributed by atoms with Crippen molar-refractivity contribution < 1.29 is 4.74 Å². The second-order valence-corrected chi connectivity index (χ2v) is 3.53. The second kappa shape index (κ2) is 4.37.